The lowest BCUT2D eigenvalue weighted by atomic mass is 10.4. The fraction of sp³-hybridized carbons (Fsp3) is 0.444. The highest BCUT2D eigenvalue weighted by atomic mass is 79.9. The molecule has 0 aliphatic carbocycles. The topological polar surface area (TPSA) is 54.3 Å². The standard InChI is InChI=1S/C9H13BrN2O2/c1-2-11-4-5-12-9(13)8-7(10)3-6-14-8/h3,6,11H,2,4-5H2,1H3,(H,12,13). The number of nitrogens with one attached hydrogen (secondary N) is 2. The van der Waals surface area contributed by atoms with Crippen LogP contribution >= 0.6 is 15.9 Å². The fourth-order valence-corrected chi connectivity index (χ4v) is 1.36. The van der Waals surface area contributed by atoms with Gasteiger partial charge in [-0.3, -0.25) is 4.79 Å². The molecule has 4 nitrogen and oxygen atoms in total. The van der Waals surface area contributed by atoms with Crippen LogP contribution in [0.2, 0.25) is 0 Å². The molecule has 0 atom stereocenters. The van der Waals surface area contributed by atoms with Gasteiger partial charge in [0.25, 0.3) is 5.91 Å². The lowest BCUT2D eigenvalue weighted by Gasteiger charge is -2.03. The Morgan fingerprint density at radius 1 is 1.57 bits per heavy atom. The molecule has 0 aliphatic rings. The molecule has 0 spiro atoms. The second kappa shape index (κ2) is 5.82. The summed E-state index contributed by atoms with van der Waals surface area (Å²) in [7, 11) is 0. The normalized spacial score (nSPS) is 10.1. The lowest BCUT2D eigenvalue weighted by Crippen LogP contribution is -2.31. The molecule has 1 aromatic heterocycles. The maximum atomic E-state index is 11.4. The van der Waals surface area contributed by atoms with Gasteiger partial charge >= 0.3 is 0 Å². The summed E-state index contributed by atoms with van der Waals surface area (Å²) in [5.41, 5.74) is 0. The van der Waals surface area contributed by atoms with E-state index in [1.165, 1.54) is 6.26 Å². The summed E-state index contributed by atoms with van der Waals surface area (Å²) in [5, 5.41) is 5.84. The van der Waals surface area contributed by atoms with Crippen molar-refractivity contribution in [1.82, 2.24) is 10.6 Å². The molecular weight excluding hydrogens is 248 g/mol. The Bertz CT molecular complexity index is 299. The van der Waals surface area contributed by atoms with Crippen molar-refractivity contribution in [3.05, 3.63) is 22.6 Å². The van der Waals surface area contributed by atoms with Crippen molar-refractivity contribution in [1.29, 1.82) is 0 Å². The molecular formula is C9H13BrN2O2. The number of likely N-dealkylation sites (N-methyl/N-ethyl adjacent to an activating group) is 1. The van der Waals surface area contributed by atoms with Crippen LogP contribution in [0.3, 0.4) is 0 Å². The number of carbonyl (C=O) groups excluding carboxylic acids is 1. The van der Waals surface area contributed by atoms with E-state index in [1.807, 2.05) is 6.92 Å². The van der Waals surface area contributed by atoms with Crippen LogP contribution in [0.15, 0.2) is 21.2 Å². The average Bonchev–Trinajstić information content (AvgIpc) is 2.59. The van der Waals surface area contributed by atoms with Gasteiger partial charge in [0.2, 0.25) is 5.76 Å². The van der Waals surface area contributed by atoms with Gasteiger partial charge in [-0.25, -0.2) is 0 Å². The van der Waals surface area contributed by atoms with Gasteiger partial charge in [-0.2, -0.15) is 0 Å². The first-order valence-corrected chi connectivity index (χ1v) is 5.27. The maximum Gasteiger partial charge on any atom is 0.288 e. The Morgan fingerprint density at radius 2 is 2.36 bits per heavy atom. The van der Waals surface area contributed by atoms with Crippen LogP contribution in [-0.2, 0) is 0 Å². The van der Waals surface area contributed by atoms with Crippen molar-refractivity contribution in [2.45, 2.75) is 6.92 Å². The van der Waals surface area contributed by atoms with Crippen LogP contribution in [-0.4, -0.2) is 25.5 Å². The first-order valence-electron chi connectivity index (χ1n) is 4.47. The summed E-state index contributed by atoms with van der Waals surface area (Å²) in [5.74, 6) is 0.126. The minimum Gasteiger partial charge on any atom is -0.458 e. The van der Waals surface area contributed by atoms with E-state index in [4.69, 9.17) is 4.42 Å². The summed E-state index contributed by atoms with van der Waals surface area (Å²) >= 11 is 3.22. The second-order valence-corrected chi connectivity index (χ2v) is 3.56. The highest BCUT2D eigenvalue weighted by molar-refractivity contribution is 9.10. The van der Waals surface area contributed by atoms with E-state index in [-0.39, 0.29) is 5.91 Å². The number of hydrogen-bond acceptors (Lipinski definition) is 3. The highest BCUT2D eigenvalue weighted by Gasteiger charge is 2.12. The zero-order chi connectivity index (χ0) is 10.4. The van der Waals surface area contributed by atoms with Crippen LogP contribution in [0.25, 0.3) is 0 Å². The molecule has 0 bridgehead atoms. The molecule has 14 heavy (non-hydrogen) atoms. The van der Waals surface area contributed by atoms with E-state index < -0.39 is 0 Å². The van der Waals surface area contributed by atoms with Crippen molar-refractivity contribution in [2.24, 2.45) is 0 Å². The van der Waals surface area contributed by atoms with E-state index in [0.29, 0.717) is 16.8 Å². The smallest absolute Gasteiger partial charge is 0.288 e. The van der Waals surface area contributed by atoms with Crippen LogP contribution in [0.5, 0.6) is 0 Å². The van der Waals surface area contributed by atoms with E-state index in [1.54, 1.807) is 6.07 Å². The van der Waals surface area contributed by atoms with E-state index in [9.17, 15) is 4.79 Å². The third kappa shape index (κ3) is 3.16. The lowest BCUT2D eigenvalue weighted by molar-refractivity contribution is 0.0925. The SMILES string of the molecule is CCNCCNC(=O)c1occc1Br. The fourth-order valence-electron chi connectivity index (χ4n) is 0.977. The molecule has 2 N–H and O–H groups in total. The van der Waals surface area contributed by atoms with Crippen molar-refractivity contribution in [2.75, 3.05) is 19.6 Å². The summed E-state index contributed by atoms with van der Waals surface area (Å²) in [6.45, 7) is 4.28. The Labute approximate surface area is 91.2 Å². The number of hydrogen-bond donors (Lipinski definition) is 2. The largest absolute Gasteiger partial charge is 0.458 e. The predicted octanol–water partition coefficient (Wildman–Crippen LogP) is 1.38. The quantitative estimate of drug-likeness (QED) is 0.787. The predicted molar refractivity (Wildman–Crippen MR) is 57.3 cm³/mol. The molecule has 0 fully saturated rings. The Hall–Kier alpha value is -0.810. The zero-order valence-electron chi connectivity index (χ0n) is 7.97. The Kier molecular flexibility index (Phi) is 4.69. The van der Waals surface area contributed by atoms with Gasteiger partial charge in [0.15, 0.2) is 0 Å². The second-order valence-electron chi connectivity index (χ2n) is 2.71. The van der Waals surface area contributed by atoms with E-state index in [0.717, 1.165) is 13.1 Å². The third-order valence-electron chi connectivity index (χ3n) is 1.66. The van der Waals surface area contributed by atoms with Gasteiger partial charge in [-0.05, 0) is 28.5 Å². The maximum absolute atomic E-state index is 11.4. The molecule has 0 unspecified atom stereocenters. The summed E-state index contributed by atoms with van der Waals surface area (Å²) in [6.07, 6.45) is 1.48. The van der Waals surface area contributed by atoms with Gasteiger partial charge in [0.1, 0.15) is 0 Å². The van der Waals surface area contributed by atoms with Crippen molar-refractivity contribution in [3.63, 3.8) is 0 Å². The molecule has 0 saturated carbocycles. The van der Waals surface area contributed by atoms with Crippen LogP contribution in [0.1, 0.15) is 17.5 Å². The Balaban J connectivity index is 2.32. The molecule has 1 rings (SSSR count). The molecule has 78 valence electrons. The number of carbonyl (C=O) groups is 1. The van der Waals surface area contributed by atoms with Crippen molar-refractivity contribution < 1.29 is 9.21 Å². The Morgan fingerprint density at radius 3 is 2.93 bits per heavy atom. The molecule has 1 amide bonds. The number of furan rings is 1. The summed E-state index contributed by atoms with van der Waals surface area (Å²) in [4.78, 5) is 11.4. The molecule has 0 aliphatic heterocycles. The van der Waals surface area contributed by atoms with Crippen LogP contribution in [0.4, 0.5) is 0 Å². The average molecular weight is 261 g/mol. The minimum atomic E-state index is -0.195. The molecule has 0 aromatic carbocycles. The molecule has 0 radical (unpaired) electrons. The zero-order valence-corrected chi connectivity index (χ0v) is 9.56. The summed E-state index contributed by atoms with van der Waals surface area (Å²) < 4.78 is 5.68. The number of rotatable bonds is 5. The highest BCUT2D eigenvalue weighted by Crippen LogP contribution is 2.16. The third-order valence-corrected chi connectivity index (χ3v) is 2.29. The summed E-state index contributed by atoms with van der Waals surface area (Å²) in [6, 6.07) is 1.69. The van der Waals surface area contributed by atoms with Crippen molar-refractivity contribution >= 4 is 21.8 Å². The molecule has 1 heterocycles. The molecule has 1 aromatic rings. The monoisotopic (exact) mass is 260 g/mol. The van der Waals surface area contributed by atoms with Gasteiger partial charge in [-0.1, -0.05) is 6.92 Å². The van der Waals surface area contributed by atoms with Gasteiger partial charge in [-0.15, -0.1) is 0 Å². The minimum absolute atomic E-state index is 0.195. The first-order chi connectivity index (χ1) is 6.75. The van der Waals surface area contributed by atoms with Gasteiger partial charge < -0.3 is 15.1 Å². The van der Waals surface area contributed by atoms with Gasteiger partial charge in [0.05, 0.1) is 10.7 Å². The van der Waals surface area contributed by atoms with Gasteiger partial charge in [0, 0.05) is 13.1 Å². The number of halogens is 1. The van der Waals surface area contributed by atoms with Crippen LogP contribution in [0, 0.1) is 0 Å². The van der Waals surface area contributed by atoms with E-state index in [2.05, 4.69) is 26.6 Å². The van der Waals surface area contributed by atoms with Crippen molar-refractivity contribution in [3.8, 4) is 0 Å². The van der Waals surface area contributed by atoms with Crippen LogP contribution < -0.4 is 10.6 Å². The van der Waals surface area contributed by atoms with E-state index >= 15 is 0 Å². The first kappa shape index (κ1) is 11.3. The molecule has 5 heteroatoms. The number of amides is 1. The molecule has 0 saturated heterocycles.